The second-order valence-corrected chi connectivity index (χ2v) is 2.47. The van der Waals surface area contributed by atoms with Gasteiger partial charge in [-0.05, 0) is 19.9 Å². The minimum atomic E-state index is 0.819. The molecule has 64 valence electrons. The van der Waals surface area contributed by atoms with Crippen LogP contribution in [0.25, 0.3) is 0 Å². The van der Waals surface area contributed by atoms with Crippen molar-refractivity contribution in [2.45, 2.75) is 20.3 Å². The van der Waals surface area contributed by atoms with Crippen molar-refractivity contribution in [1.82, 2.24) is 9.55 Å². The average Bonchev–Trinajstić information content (AvgIpc) is 2.35. The molecule has 1 heterocycles. The Labute approximate surface area is 68.2 Å². The standard InChI is InChI=1S/C5H8N2.C3H9N/c1-5-3-7(2)4-6-5;1-2-3-4/h3-4H,1-2H3;2-4H2,1H3. The van der Waals surface area contributed by atoms with Gasteiger partial charge >= 0.3 is 0 Å². The van der Waals surface area contributed by atoms with Crippen LogP contribution in [0.4, 0.5) is 0 Å². The molecule has 0 amide bonds. The Morgan fingerprint density at radius 2 is 2.18 bits per heavy atom. The molecule has 0 bridgehead atoms. The van der Waals surface area contributed by atoms with Crippen LogP contribution >= 0.6 is 0 Å². The fourth-order valence-corrected chi connectivity index (χ4v) is 0.544. The Morgan fingerprint density at radius 1 is 1.64 bits per heavy atom. The van der Waals surface area contributed by atoms with E-state index in [1.165, 1.54) is 0 Å². The monoisotopic (exact) mass is 155 g/mol. The number of aryl methyl sites for hydroxylation is 2. The van der Waals surface area contributed by atoms with E-state index in [1.807, 2.05) is 24.7 Å². The molecule has 0 saturated carbocycles. The van der Waals surface area contributed by atoms with Crippen LogP contribution in [0.1, 0.15) is 19.0 Å². The minimum absolute atomic E-state index is 0.819. The van der Waals surface area contributed by atoms with Crippen molar-refractivity contribution in [1.29, 1.82) is 0 Å². The summed E-state index contributed by atoms with van der Waals surface area (Å²) >= 11 is 0. The summed E-state index contributed by atoms with van der Waals surface area (Å²) in [4.78, 5) is 3.98. The number of nitrogens with two attached hydrogens (primary N) is 1. The molecule has 0 aliphatic rings. The van der Waals surface area contributed by atoms with Crippen molar-refractivity contribution in [2.24, 2.45) is 12.8 Å². The van der Waals surface area contributed by atoms with Crippen molar-refractivity contribution >= 4 is 0 Å². The third-order valence-corrected chi connectivity index (χ3v) is 1.12. The Kier molecular flexibility index (Phi) is 5.47. The molecule has 0 fully saturated rings. The fraction of sp³-hybridized carbons (Fsp3) is 0.625. The van der Waals surface area contributed by atoms with Crippen LogP contribution < -0.4 is 5.73 Å². The average molecular weight is 155 g/mol. The van der Waals surface area contributed by atoms with Crippen LogP contribution in [0.15, 0.2) is 12.5 Å². The smallest absolute Gasteiger partial charge is 0.0946 e. The molecule has 3 nitrogen and oxygen atoms in total. The van der Waals surface area contributed by atoms with Gasteiger partial charge < -0.3 is 10.3 Å². The molecular weight excluding hydrogens is 138 g/mol. The zero-order chi connectivity index (χ0) is 8.69. The van der Waals surface area contributed by atoms with Gasteiger partial charge in [-0.25, -0.2) is 4.98 Å². The Balaban J connectivity index is 0.000000218. The summed E-state index contributed by atoms with van der Waals surface area (Å²) in [6.07, 6.45) is 4.86. The maximum Gasteiger partial charge on any atom is 0.0946 e. The lowest BCUT2D eigenvalue weighted by atomic mass is 10.5. The van der Waals surface area contributed by atoms with Crippen molar-refractivity contribution < 1.29 is 0 Å². The molecule has 0 saturated heterocycles. The summed E-state index contributed by atoms with van der Waals surface area (Å²) in [6, 6.07) is 0. The molecule has 11 heavy (non-hydrogen) atoms. The lowest BCUT2D eigenvalue weighted by molar-refractivity contribution is 0.913. The molecule has 0 unspecified atom stereocenters. The highest BCUT2D eigenvalue weighted by Crippen LogP contribution is 1.86. The van der Waals surface area contributed by atoms with Crippen LogP contribution in [0.5, 0.6) is 0 Å². The van der Waals surface area contributed by atoms with Crippen molar-refractivity contribution in [3.05, 3.63) is 18.2 Å². The number of rotatable bonds is 1. The SMILES string of the molecule is CCCN.Cc1cn(C)cn1. The quantitative estimate of drug-likeness (QED) is 0.659. The Hall–Kier alpha value is -0.830. The third kappa shape index (κ3) is 5.61. The van der Waals surface area contributed by atoms with E-state index in [4.69, 9.17) is 5.73 Å². The summed E-state index contributed by atoms with van der Waals surface area (Å²) in [5.74, 6) is 0. The zero-order valence-electron chi connectivity index (χ0n) is 7.54. The highest BCUT2D eigenvalue weighted by Gasteiger charge is 1.81. The first-order valence-electron chi connectivity index (χ1n) is 3.85. The van der Waals surface area contributed by atoms with E-state index in [0.29, 0.717) is 0 Å². The Bertz CT molecular complexity index is 163. The van der Waals surface area contributed by atoms with Gasteiger partial charge in [0, 0.05) is 13.2 Å². The summed E-state index contributed by atoms with van der Waals surface area (Å²) in [5.41, 5.74) is 6.10. The first kappa shape index (κ1) is 10.2. The first-order chi connectivity index (χ1) is 5.20. The van der Waals surface area contributed by atoms with Crippen molar-refractivity contribution in [3.8, 4) is 0 Å². The second kappa shape index (κ2) is 5.92. The topological polar surface area (TPSA) is 43.8 Å². The molecular formula is C8H17N3. The van der Waals surface area contributed by atoms with Gasteiger partial charge in [-0.1, -0.05) is 6.92 Å². The van der Waals surface area contributed by atoms with Gasteiger partial charge in [-0.3, -0.25) is 0 Å². The lowest BCUT2D eigenvalue weighted by Crippen LogP contribution is -1.93. The van der Waals surface area contributed by atoms with Gasteiger partial charge in [0.1, 0.15) is 0 Å². The van der Waals surface area contributed by atoms with Gasteiger partial charge in [-0.15, -0.1) is 0 Å². The molecule has 1 aromatic rings. The molecule has 1 aromatic heterocycles. The summed E-state index contributed by atoms with van der Waals surface area (Å²) < 4.78 is 1.93. The van der Waals surface area contributed by atoms with Crippen LogP contribution in [0, 0.1) is 6.92 Å². The van der Waals surface area contributed by atoms with Crippen LogP contribution in [-0.4, -0.2) is 16.1 Å². The molecule has 0 aromatic carbocycles. The van der Waals surface area contributed by atoms with Crippen LogP contribution in [0.3, 0.4) is 0 Å². The van der Waals surface area contributed by atoms with Crippen molar-refractivity contribution in [3.63, 3.8) is 0 Å². The fourth-order valence-electron chi connectivity index (χ4n) is 0.544. The maximum atomic E-state index is 5.03. The normalized spacial score (nSPS) is 8.73. The van der Waals surface area contributed by atoms with E-state index in [9.17, 15) is 0 Å². The highest BCUT2D eigenvalue weighted by molar-refractivity contribution is 4.90. The number of hydrogen-bond acceptors (Lipinski definition) is 2. The molecule has 0 aliphatic carbocycles. The van der Waals surface area contributed by atoms with Gasteiger partial charge in [0.25, 0.3) is 0 Å². The highest BCUT2D eigenvalue weighted by atomic mass is 15.0. The summed E-state index contributed by atoms with van der Waals surface area (Å²) in [6.45, 7) is 4.85. The van der Waals surface area contributed by atoms with Gasteiger partial charge in [0.2, 0.25) is 0 Å². The van der Waals surface area contributed by atoms with E-state index in [0.717, 1.165) is 18.7 Å². The summed E-state index contributed by atoms with van der Waals surface area (Å²) in [5, 5.41) is 0. The Morgan fingerprint density at radius 3 is 2.27 bits per heavy atom. The number of aromatic nitrogens is 2. The second-order valence-electron chi connectivity index (χ2n) is 2.47. The number of hydrogen-bond donors (Lipinski definition) is 1. The molecule has 0 atom stereocenters. The number of imidazole rings is 1. The van der Waals surface area contributed by atoms with E-state index in [2.05, 4.69) is 11.9 Å². The molecule has 3 heteroatoms. The molecule has 0 aliphatic heterocycles. The maximum absolute atomic E-state index is 5.03. The predicted octanol–water partition coefficient (Wildman–Crippen LogP) is 1.08. The molecule has 1 rings (SSSR count). The van der Waals surface area contributed by atoms with Gasteiger partial charge in [0.15, 0.2) is 0 Å². The van der Waals surface area contributed by atoms with Crippen LogP contribution in [0.2, 0.25) is 0 Å². The van der Waals surface area contributed by atoms with Gasteiger partial charge in [0.05, 0.1) is 12.0 Å². The van der Waals surface area contributed by atoms with E-state index in [-0.39, 0.29) is 0 Å². The lowest BCUT2D eigenvalue weighted by Gasteiger charge is -1.78. The molecule has 2 N–H and O–H groups in total. The minimum Gasteiger partial charge on any atom is -0.340 e. The molecule has 0 spiro atoms. The van der Waals surface area contributed by atoms with E-state index < -0.39 is 0 Å². The molecule has 0 radical (unpaired) electrons. The van der Waals surface area contributed by atoms with Crippen LogP contribution in [-0.2, 0) is 7.05 Å². The van der Waals surface area contributed by atoms with Gasteiger partial charge in [-0.2, -0.15) is 0 Å². The zero-order valence-corrected chi connectivity index (χ0v) is 7.54. The number of nitrogens with zero attached hydrogens (tertiary/aromatic N) is 2. The van der Waals surface area contributed by atoms with E-state index >= 15 is 0 Å². The predicted molar refractivity (Wildman–Crippen MR) is 47.3 cm³/mol. The summed E-state index contributed by atoms with van der Waals surface area (Å²) in [7, 11) is 1.96. The largest absolute Gasteiger partial charge is 0.340 e. The first-order valence-corrected chi connectivity index (χ1v) is 3.85. The van der Waals surface area contributed by atoms with E-state index in [1.54, 1.807) is 6.33 Å². The van der Waals surface area contributed by atoms with Crippen molar-refractivity contribution in [2.75, 3.05) is 6.54 Å². The third-order valence-electron chi connectivity index (χ3n) is 1.12.